The lowest BCUT2D eigenvalue weighted by Crippen LogP contribution is -2.15. The Labute approximate surface area is 168 Å². The Morgan fingerprint density at radius 1 is 1.10 bits per heavy atom. The Bertz CT molecular complexity index is 993. The van der Waals surface area contributed by atoms with Crippen LogP contribution in [0.4, 0.5) is 18.9 Å². The zero-order chi connectivity index (χ0) is 20.8. The Morgan fingerprint density at radius 3 is 2.59 bits per heavy atom. The predicted octanol–water partition coefficient (Wildman–Crippen LogP) is 3.99. The molecule has 152 valence electrons. The zero-order valence-corrected chi connectivity index (χ0v) is 15.9. The molecule has 10 heteroatoms. The minimum atomic E-state index is -0.982. The molecule has 29 heavy (non-hydrogen) atoms. The Balaban J connectivity index is 1.80. The number of halogens is 3. The van der Waals surface area contributed by atoms with E-state index in [9.17, 15) is 18.0 Å². The van der Waals surface area contributed by atoms with Crippen LogP contribution in [-0.2, 0) is 0 Å². The average molecular weight is 422 g/mol. The molecule has 0 saturated carbocycles. The summed E-state index contributed by atoms with van der Waals surface area (Å²) in [6.07, 6.45) is 2.95. The maximum atomic E-state index is 14.2. The Morgan fingerprint density at radius 2 is 1.86 bits per heavy atom. The number of amides is 1. The molecule has 0 atom stereocenters. The molecule has 3 rings (SSSR count). The van der Waals surface area contributed by atoms with Gasteiger partial charge in [0, 0.05) is 11.5 Å². The minimum Gasteiger partial charge on any atom is -0.481 e. The molecule has 0 unspecified atom stereocenters. The first-order valence-electron chi connectivity index (χ1n) is 8.71. The standard InChI is InChI=1S/C19H17F3N4O2S/c20-11-4-3-5-12(21)16(11)17-13(22)6-7-14(25-17)18(27)26-15-10-24-29-19(15)28-9-2-1-8-23/h3-7,10H,1-2,8-9,23H2,(H,26,27). The summed E-state index contributed by atoms with van der Waals surface area (Å²) >= 11 is 1.05. The summed E-state index contributed by atoms with van der Waals surface area (Å²) in [7, 11) is 0. The van der Waals surface area contributed by atoms with Gasteiger partial charge in [-0.2, -0.15) is 4.37 Å². The van der Waals surface area contributed by atoms with E-state index in [0.717, 1.165) is 54.7 Å². The summed E-state index contributed by atoms with van der Waals surface area (Å²) in [6, 6.07) is 5.17. The van der Waals surface area contributed by atoms with Gasteiger partial charge in [-0.3, -0.25) is 4.79 Å². The highest BCUT2D eigenvalue weighted by atomic mass is 32.1. The fourth-order valence-corrected chi connectivity index (χ4v) is 3.07. The molecular weight excluding hydrogens is 405 g/mol. The second-order valence-corrected chi connectivity index (χ2v) is 6.71. The number of pyridine rings is 1. The molecule has 0 aliphatic heterocycles. The second-order valence-electron chi connectivity index (χ2n) is 5.95. The number of nitrogens with two attached hydrogens (primary N) is 1. The second kappa shape index (κ2) is 9.48. The maximum Gasteiger partial charge on any atom is 0.274 e. The van der Waals surface area contributed by atoms with Crippen LogP contribution in [-0.4, -0.2) is 28.4 Å². The van der Waals surface area contributed by atoms with Crippen LogP contribution in [0.25, 0.3) is 11.3 Å². The van der Waals surface area contributed by atoms with Gasteiger partial charge in [-0.15, -0.1) is 0 Å². The van der Waals surface area contributed by atoms with E-state index in [-0.39, 0.29) is 5.69 Å². The molecule has 3 aromatic rings. The van der Waals surface area contributed by atoms with Gasteiger partial charge in [0.1, 0.15) is 34.5 Å². The van der Waals surface area contributed by atoms with Gasteiger partial charge >= 0.3 is 0 Å². The molecule has 2 aromatic heterocycles. The first-order chi connectivity index (χ1) is 14.0. The van der Waals surface area contributed by atoms with Crippen molar-refractivity contribution < 1.29 is 22.7 Å². The zero-order valence-electron chi connectivity index (χ0n) is 15.1. The van der Waals surface area contributed by atoms with E-state index in [1.54, 1.807) is 0 Å². The summed E-state index contributed by atoms with van der Waals surface area (Å²) in [4.78, 5) is 16.3. The van der Waals surface area contributed by atoms with Crippen molar-refractivity contribution in [3.8, 4) is 16.3 Å². The lowest BCUT2D eigenvalue weighted by atomic mass is 10.1. The number of benzene rings is 1. The summed E-state index contributed by atoms with van der Waals surface area (Å²) in [5, 5.41) is 2.96. The highest BCUT2D eigenvalue weighted by Gasteiger charge is 2.20. The molecule has 0 aliphatic rings. The van der Waals surface area contributed by atoms with E-state index in [0.29, 0.717) is 23.9 Å². The summed E-state index contributed by atoms with van der Waals surface area (Å²) in [5.41, 5.74) is 4.30. The normalized spacial score (nSPS) is 10.8. The number of hydrogen-bond donors (Lipinski definition) is 2. The molecule has 6 nitrogen and oxygen atoms in total. The third-order valence-electron chi connectivity index (χ3n) is 3.90. The number of aromatic nitrogens is 2. The van der Waals surface area contributed by atoms with E-state index >= 15 is 0 Å². The number of carbonyl (C=O) groups is 1. The monoisotopic (exact) mass is 422 g/mol. The van der Waals surface area contributed by atoms with Crippen LogP contribution < -0.4 is 15.8 Å². The van der Waals surface area contributed by atoms with Gasteiger partial charge < -0.3 is 15.8 Å². The Kier molecular flexibility index (Phi) is 6.78. The molecule has 1 amide bonds. The minimum absolute atomic E-state index is 0.218. The van der Waals surface area contributed by atoms with Gasteiger partial charge in [-0.1, -0.05) is 6.07 Å². The van der Waals surface area contributed by atoms with Crippen LogP contribution in [0, 0.1) is 17.5 Å². The molecule has 0 bridgehead atoms. The topological polar surface area (TPSA) is 90.1 Å². The van der Waals surface area contributed by atoms with Crippen molar-refractivity contribution in [3.63, 3.8) is 0 Å². The predicted molar refractivity (Wildman–Crippen MR) is 103 cm³/mol. The highest BCUT2D eigenvalue weighted by molar-refractivity contribution is 7.08. The maximum absolute atomic E-state index is 14.2. The third kappa shape index (κ3) is 4.90. The fraction of sp³-hybridized carbons (Fsp3) is 0.211. The number of ether oxygens (including phenoxy) is 1. The van der Waals surface area contributed by atoms with Crippen molar-refractivity contribution in [1.29, 1.82) is 0 Å². The lowest BCUT2D eigenvalue weighted by Gasteiger charge is -2.09. The molecule has 3 N–H and O–H groups in total. The summed E-state index contributed by atoms with van der Waals surface area (Å²) < 4.78 is 51.7. The van der Waals surface area contributed by atoms with Gasteiger partial charge in [0.25, 0.3) is 5.91 Å². The number of nitrogens with zero attached hydrogens (tertiary/aromatic N) is 2. The largest absolute Gasteiger partial charge is 0.481 e. The molecule has 0 fully saturated rings. The summed E-state index contributed by atoms with van der Waals surface area (Å²) in [6.45, 7) is 0.963. The van der Waals surface area contributed by atoms with E-state index in [1.165, 1.54) is 6.20 Å². The number of rotatable bonds is 8. The van der Waals surface area contributed by atoms with Crippen LogP contribution in [0.15, 0.2) is 36.5 Å². The van der Waals surface area contributed by atoms with Gasteiger partial charge in [0.05, 0.1) is 18.4 Å². The number of anilines is 1. The van der Waals surface area contributed by atoms with Crippen molar-refractivity contribution in [2.75, 3.05) is 18.5 Å². The van der Waals surface area contributed by atoms with Crippen molar-refractivity contribution >= 4 is 23.1 Å². The molecule has 1 aromatic carbocycles. The quantitative estimate of drug-likeness (QED) is 0.536. The van der Waals surface area contributed by atoms with Crippen molar-refractivity contribution in [1.82, 2.24) is 9.36 Å². The fourth-order valence-electron chi connectivity index (χ4n) is 2.48. The van der Waals surface area contributed by atoms with Gasteiger partial charge in [0.15, 0.2) is 0 Å². The number of unbranched alkanes of at least 4 members (excludes halogenated alkanes) is 1. The van der Waals surface area contributed by atoms with Crippen LogP contribution in [0.5, 0.6) is 5.06 Å². The van der Waals surface area contributed by atoms with Crippen LogP contribution in [0.1, 0.15) is 23.3 Å². The summed E-state index contributed by atoms with van der Waals surface area (Å²) in [5.74, 6) is -3.62. The first-order valence-corrected chi connectivity index (χ1v) is 9.48. The average Bonchev–Trinajstić information content (AvgIpc) is 3.13. The van der Waals surface area contributed by atoms with Crippen molar-refractivity contribution in [3.05, 3.63) is 59.7 Å². The van der Waals surface area contributed by atoms with E-state index in [4.69, 9.17) is 10.5 Å². The first kappa shape index (κ1) is 20.7. The van der Waals surface area contributed by atoms with Crippen LogP contribution in [0.3, 0.4) is 0 Å². The van der Waals surface area contributed by atoms with Gasteiger partial charge in [0.2, 0.25) is 5.06 Å². The smallest absolute Gasteiger partial charge is 0.274 e. The van der Waals surface area contributed by atoms with Crippen LogP contribution in [0.2, 0.25) is 0 Å². The number of hydrogen-bond acceptors (Lipinski definition) is 6. The van der Waals surface area contributed by atoms with Crippen molar-refractivity contribution in [2.45, 2.75) is 12.8 Å². The number of nitrogens with one attached hydrogen (secondary N) is 1. The molecular formula is C19H17F3N4O2S. The lowest BCUT2D eigenvalue weighted by molar-refractivity contribution is 0.102. The molecule has 0 saturated heterocycles. The third-order valence-corrected chi connectivity index (χ3v) is 4.61. The highest BCUT2D eigenvalue weighted by Crippen LogP contribution is 2.30. The van der Waals surface area contributed by atoms with Crippen LogP contribution >= 0.6 is 11.5 Å². The van der Waals surface area contributed by atoms with E-state index < -0.39 is 34.6 Å². The number of carbonyl (C=O) groups excluding carboxylic acids is 1. The molecule has 0 radical (unpaired) electrons. The molecule has 2 heterocycles. The molecule has 0 aliphatic carbocycles. The van der Waals surface area contributed by atoms with Crippen molar-refractivity contribution in [2.24, 2.45) is 5.73 Å². The molecule has 0 spiro atoms. The van der Waals surface area contributed by atoms with Gasteiger partial charge in [-0.05, 0) is 43.7 Å². The van der Waals surface area contributed by atoms with E-state index in [2.05, 4.69) is 14.7 Å². The van der Waals surface area contributed by atoms with Gasteiger partial charge in [-0.25, -0.2) is 18.2 Å². The van der Waals surface area contributed by atoms with E-state index in [1.807, 2.05) is 0 Å². The SMILES string of the molecule is NCCCCOc1sncc1NC(=O)c1ccc(F)c(-c2c(F)cccc2F)n1. The Hall–Kier alpha value is -2.98.